The van der Waals surface area contributed by atoms with Crippen LogP contribution in [0, 0.1) is 13.8 Å². The molecule has 3 rings (SSSR count). The van der Waals surface area contributed by atoms with Crippen LogP contribution in [0.25, 0.3) is 6.08 Å². The van der Waals surface area contributed by atoms with Gasteiger partial charge in [0.25, 0.3) is 0 Å². The van der Waals surface area contributed by atoms with Crippen LogP contribution >= 0.6 is 11.3 Å². The van der Waals surface area contributed by atoms with E-state index < -0.39 is 0 Å². The van der Waals surface area contributed by atoms with Crippen LogP contribution < -0.4 is 14.8 Å². The highest BCUT2D eigenvalue weighted by Gasteiger charge is 2.07. The van der Waals surface area contributed by atoms with Crippen molar-refractivity contribution in [3.8, 4) is 11.5 Å². The molecule has 1 aromatic heterocycles. The van der Waals surface area contributed by atoms with Gasteiger partial charge in [-0.1, -0.05) is 36.4 Å². The summed E-state index contributed by atoms with van der Waals surface area (Å²) < 4.78 is 11.3. The number of thiazole rings is 1. The van der Waals surface area contributed by atoms with Gasteiger partial charge in [0.05, 0.1) is 12.8 Å². The van der Waals surface area contributed by atoms with Crippen molar-refractivity contribution in [3.63, 3.8) is 0 Å². The van der Waals surface area contributed by atoms with E-state index in [0.29, 0.717) is 23.2 Å². The average molecular weight is 394 g/mol. The van der Waals surface area contributed by atoms with Crippen LogP contribution in [0.5, 0.6) is 11.5 Å². The Kier molecular flexibility index (Phi) is 6.45. The highest BCUT2D eigenvalue weighted by molar-refractivity contribution is 7.15. The Bertz CT molecular complexity index is 961. The summed E-state index contributed by atoms with van der Waals surface area (Å²) in [5.41, 5.74) is 2.85. The van der Waals surface area contributed by atoms with Crippen LogP contribution in [0.15, 0.2) is 54.6 Å². The van der Waals surface area contributed by atoms with Crippen molar-refractivity contribution in [2.75, 3.05) is 12.4 Å². The molecule has 0 atom stereocenters. The predicted molar refractivity (Wildman–Crippen MR) is 113 cm³/mol. The molecule has 28 heavy (non-hydrogen) atoms. The monoisotopic (exact) mass is 394 g/mol. The third-order valence-electron chi connectivity index (χ3n) is 4.11. The van der Waals surface area contributed by atoms with E-state index in [9.17, 15) is 4.79 Å². The Morgan fingerprint density at radius 3 is 2.61 bits per heavy atom. The fourth-order valence-electron chi connectivity index (χ4n) is 2.49. The number of ether oxygens (including phenoxy) is 2. The summed E-state index contributed by atoms with van der Waals surface area (Å²) in [5.74, 6) is 1.04. The SMILES string of the molecule is COc1cc(/C=C/C(=O)Nc2nc(C)c(C)s2)ccc1OCc1ccccc1. The number of aromatic nitrogens is 1. The van der Waals surface area contributed by atoms with Crippen LogP contribution in [-0.4, -0.2) is 18.0 Å². The average Bonchev–Trinajstić information content (AvgIpc) is 3.02. The number of benzene rings is 2. The summed E-state index contributed by atoms with van der Waals surface area (Å²) in [6.07, 6.45) is 3.21. The maximum absolute atomic E-state index is 12.1. The number of hydrogen-bond donors (Lipinski definition) is 1. The third kappa shape index (κ3) is 5.20. The van der Waals surface area contributed by atoms with Crippen molar-refractivity contribution < 1.29 is 14.3 Å². The molecular weight excluding hydrogens is 372 g/mol. The molecule has 0 radical (unpaired) electrons. The predicted octanol–water partition coefficient (Wildman–Crippen LogP) is 5.00. The minimum atomic E-state index is -0.225. The van der Waals surface area contributed by atoms with Crippen molar-refractivity contribution in [2.24, 2.45) is 0 Å². The van der Waals surface area contributed by atoms with E-state index >= 15 is 0 Å². The van der Waals surface area contributed by atoms with Crippen LogP contribution in [0.4, 0.5) is 5.13 Å². The molecule has 3 aromatic rings. The molecule has 0 fully saturated rings. The van der Waals surface area contributed by atoms with E-state index in [1.807, 2.05) is 62.4 Å². The number of aryl methyl sites for hydroxylation is 2. The lowest BCUT2D eigenvalue weighted by molar-refractivity contribution is -0.111. The molecule has 1 amide bonds. The van der Waals surface area contributed by atoms with E-state index in [4.69, 9.17) is 9.47 Å². The van der Waals surface area contributed by atoms with Crippen LogP contribution in [0.3, 0.4) is 0 Å². The Morgan fingerprint density at radius 1 is 1.14 bits per heavy atom. The molecule has 2 aromatic carbocycles. The molecule has 0 spiro atoms. The zero-order chi connectivity index (χ0) is 19.9. The third-order valence-corrected chi connectivity index (χ3v) is 5.10. The van der Waals surface area contributed by atoms with Gasteiger partial charge in [0, 0.05) is 11.0 Å². The van der Waals surface area contributed by atoms with Crippen molar-refractivity contribution in [2.45, 2.75) is 20.5 Å². The molecule has 6 heteroatoms. The van der Waals surface area contributed by atoms with E-state index in [1.165, 1.54) is 17.4 Å². The van der Waals surface area contributed by atoms with Gasteiger partial charge in [0.1, 0.15) is 6.61 Å². The number of carbonyl (C=O) groups is 1. The number of nitrogens with zero attached hydrogens (tertiary/aromatic N) is 1. The van der Waals surface area contributed by atoms with E-state index in [0.717, 1.165) is 21.7 Å². The molecule has 0 bridgehead atoms. The normalized spacial score (nSPS) is 10.8. The lowest BCUT2D eigenvalue weighted by Crippen LogP contribution is -2.07. The van der Waals surface area contributed by atoms with E-state index in [-0.39, 0.29) is 5.91 Å². The van der Waals surface area contributed by atoms with Crippen LogP contribution in [-0.2, 0) is 11.4 Å². The summed E-state index contributed by atoms with van der Waals surface area (Å²) in [6.45, 7) is 4.36. The summed E-state index contributed by atoms with van der Waals surface area (Å²) in [4.78, 5) is 17.5. The van der Waals surface area contributed by atoms with Gasteiger partial charge < -0.3 is 9.47 Å². The van der Waals surface area contributed by atoms with Gasteiger partial charge in [-0.25, -0.2) is 4.98 Å². The van der Waals surface area contributed by atoms with Gasteiger partial charge in [-0.3, -0.25) is 10.1 Å². The Labute approximate surface area is 168 Å². The first-order chi connectivity index (χ1) is 13.5. The smallest absolute Gasteiger partial charge is 0.250 e. The van der Waals surface area contributed by atoms with E-state index in [2.05, 4.69) is 10.3 Å². The number of rotatable bonds is 7. The molecule has 144 valence electrons. The Morgan fingerprint density at radius 2 is 1.93 bits per heavy atom. The number of hydrogen-bond acceptors (Lipinski definition) is 5. The van der Waals surface area contributed by atoms with Gasteiger partial charge in [-0.15, -0.1) is 11.3 Å². The summed E-state index contributed by atoms with van der Waals surface area (Å²) >= 11 is 1.46. The van der Waals surface area contributed by atoms with Crippen LogP contribution in [0.2, 0.25) is 0 Å². The molecule has 0 saturated heterocycles. The quantitative estimate of drug-likeness (QED) is 0.573. The Hall–Kier alpha value is -3.12. The minimum absolute atomic E-state index is 0.225. The number of amides is 1. The summed E-state index contributed by atoms with van der Waals surface area (Å²) in [7, 11) is 1.60. The number of anilines is 1. The van der Waals surface area contributed by atoms with E-state index in [1.54, 1.807) is 13.2 Å². The maximum Gasteiger partial charge on any atom is 0.250 e. The van der Waals surface area contributed by atoms with Crippen molar-refractivity contribution in [1.29, 1.82) is 0 Å². The minimum Gasteiger partial charge on any atom is -0.493 e. The molecule has 0 aliphatic rings. The molecule has 0 saturated carbocycles. The van der Waals surface area contributed by atoms with Crippen molar-refractivity contribution >= 4 is 28.5 Å². The van der Waals surface area contributed by atoms with Crippen molar-refractivity contribution in [3.05, 3.63) is 76.3 Å². The topological polar surface area (TPSA) is 60.5 Å². The summed E-state index contributed by atoms with van der Waals surface area (Å²) in [5, 5.41) is 3.38. The van der Waals surface area contributed by atoms with Gasteiger partial charge in [-0.05, 0) is 43.2 Å². The molecule has 1 N–H and O–H groups in total. The molecule has 0 aliphatic heterocycles. The van der Waals surface area contributed by atoms with Gasteiger partial charge in [-0.2, -0.15) is 0 Å². The lowest BCUT2D eigenvalue weighted by Gasteiger charge is -2.11. The Balaban J connectivity index is 1.63. The standard InChI is InChI=1S/C22H22N2O3S/c1-15-16(2)28-22(23-15)24-21(25)12-10-17-9-11-19(20(13-17)26-3)27-14-18-7-5-4-6-8-18/h4-13H,14H2,1-3H3,(H,23,24,25)/b12-10+. The largest absolute Gasteiger partial charge is 0.493 e. The zero-order valence-corrected chi connectivity index (χ0v) is 16.9. The highest BCUT2D eigenvalue weighted by atomic mass is 32.1. The zero-order valence-electron chi connectivity index (χ0n) is 16.1. The first-order valence-corrected chi connectivity index (χ1v) is 9.64. The molecular formula is C22H22N2O3S. The fraction of sp³-hybridized carbons (Fsp3) is 0.182. The lowest BCUT2D eigenvalue weighted by atomic mass is 10.2. The molecule has 0 unspecified atom stereocenters. The van der Waals surface area contributed by atoms with Gasteiger partial charge >= 0.3 is 0 Å². The molecule has 1 heterocycles. The first kappa shape index (κ1) is 19.6. The fourth-order valence-corrected chi connectivity index (χ4v) is 3.31. The number of carbonyl (C=O) groups excluding carboxylic acids is 1. The number of nitrogens with one attached hydrogen (secondary N) is 1. The molecule has 5 nitrogen and oxygen atoms in total. The van der Waals surface area contributed by atoms with Gasteiger partial charge in [0.2, 0.25) is 5.91 Å². The maximum atomic E-state index is 12.1. The van der Waals surface area contributed by atoms with Gasteiger partial charge in [0.15, 0.2) is 16.6 Å². The second-order valence-corrected chi connectivity index (χ2v) is 7.37. The molecule has 0 aliphatic carbocycles. The van der Waals surface area contributed by atoms with Crippen molar-refractivity contribution in [1.82, 2.24) is 4.98 Å². The summed E-state index contributed by atoms with van der Waals surface area (Å²) in [6, 6.07) is 15.5. The highest BCUT2D eigenvalue weighted by Crippen LogP contribution is 2.29. The second kappa shape index (κ2) is 9.19. The first-order valence-electron chi connectivity index (χ1n) is 8.83. The van der Waals surface area contributed by atoms with Crippen LogP contribution in [0.1, 0.15) is 21.7 Å². The number of methoxy groups -OCH3 is 1. The second-order valence-electron chi connectivity index (χ2n) is 6.17.